The molecule has 0 N–H and O–H groups in total. The smallest absolute Gasteiger partial charge is 0.0238 e. The zero-order valence-corrected chi connectivity index (χ0v) is 24.3. The van der Waals surface area contributed by atoms with Crippen LogP contribution in [0.3, 0.4) is 0 Å². The summed E-state index contributed by atoms with van der Waals surface area (Å²) in [5.74, 6) is 0.845. The molecule has 0 saturated carbocycles. The van der Waals surface area contributed by atoms with E-state index in [1.54, 1.807) is 0 Å². The Labute approximate surface area is 239 Å². The Morgan fingerprint density at radius 1 is 0.974 bits per heavy atom. The molecule has 0 fully saturated rings. The van der Waals surface area contributed by atoms with Crippen LogP contribution in [0.15, 0.2) is 156 Å². The molecular formula is C38H38S. The van der Waals surface area contributed by atoms with E-state index in [9.17, 15) is 0 Å². The predicted octanol–water partition coefficient (Wildman–Crippen LogP) is 11.1. The molecule has 196 valence electrons. The van der Waals surface area contributed by atoms with Gasteiger partial charge in [0.2, 0.25) is 0 Å². The van der Waals surface area contributed by atoms with Crippen LogP contribution in [0.4, 0.5) is 0 Å². The lowest BCUT2D eigenvalue weighted by atomic mass is 9.82. The highest BCUT2D eigenvalue weighted by atomic mass is 32.2. The van der Waals surface area contributed by atoms with Crippen LogP contribution >= 0.6 is 11.8 Å². The highest BCUT2D eigenvalue weighted by Gasteiger charge is 2.18. The van der Waals surface area contributed by atoms with Crippen LogP contribution in [0.25, 0.3) is 16.7 Å². The number of hydrogen-bond acceptors (Lipinski definition) is 1. The Kier molecular flexibility index (Phi) is 9.63. The van der Waals surface area contributed by atoms with Gasteiger partial charge in [-0.15, -0.1) is 11.8 Å². The summed E-state index contributed by atoms with van der Waals surface area (Å²) >= 11 is 1.84. The van der Waals surface area contributed by atoms with E-state index in [0.717, 1.165) is 35.3 Å². The quantitative estimate of drug-likeness (QED) is 0.337. The van der Waals surface area contributed by atoms with Crippen LogP contribution in [0.1, 0.15) is 50.3 Å². The number of rotatable bonds is 6. The first kappa shape index (κ1) is 28.2. The van der Waals surface area contributed by atoms with E-state index in [-0.39, 0.29) is 0 Å². The van der Waals surface area contributed by atoms with Crippen molar-refractivity contribution in [2.24, 2.45) is 0 Å². The molecule has 1 aliphatic carbocycles. The molecule has 39 heavy (non-hydrogen) atoms. The lowest BCUT2D eigenvalue weighted by molar-refractivity contribution is 1.00. The van der Waals surface area contributed by atoms with Gasteiger partial charge < -0.3 is 0 Å². The van der Waals surface area contributed by atoms with E-state index in [2.05, 4.69) is 138 Å². The second kappa shape index (κ2) is 13.3. The molecule has 0 radical (unpaired) electrons. The molecule has 1 heterocycles. The fourth-order valence-electron chi connectivity index (χ4n) is 5.11. The molecule has 2 aliphatic rings. The van der Waals surface area contributed by atoms with Crippen LogP contribution in [0.5, 0.6) is 0 Å². The average Bonchev–Trinajstić information content (AvgIpc) is 3.03. The van der Waals surface area contributed by atoms with E-state index in [0.29, 0.717) is 0 Å². The van der Waals surface area contributed by atoms with Crippen molar-refractivity contribution in [3.05, 3.63) is 168 Å². The van der Waals surface area contributed by atoms with Crippen molar-refractivity contribution in [3.8, 4) is 0 Å². The third kappa shape index (κ3) is 6.44. The summed E-state index contributed by atoms with van der Waals surface area (Å²) in [6.45, 7) is 19.5. The van der Waals surface area contributed by atoms with Crippen molar-refractivity contribution in [2.75, 3.05) is 5.75 Å². The first-order chi connectivity index (χ1) is 19.0. The van der Waals surface area contributed by atoms with E-state index in [4.69, 9.17) is 0 Å². The molecule has 2 aromatic carbocycles. The van der Waals surface area contributed by atoms with Crippen LogP contribution in [0, 0.1) is 0 Å². The third-order valence-electron chi connectivity index (χ3n) is 7.26. The Balaban J connectivity index is 1.75. The van der Waals surface area contributed by atoms with Gasteiger partial charge in [-0.2, -0.15) is 0 Å². The minimum atomic E-state index is 0.845. The first-order valence-electron chi connectivity index (χ1n) is 13.6. The molecule has 0 saturated heterocycles. The summed E-state index contributed by atoms with van der Waals surface area (Å²) < 4.78 is 0. The van der Waals surface area contributed by atoms with Gasteiger partial charge in [-0.3, -0.25) is 0 Å². The summed E-state index contributed by atoms with van der Waals surface area (Å²) in [5, 5.41) is 0. The monoisotopic (exact) mass is 526 g/mol. The molecule has 1 aliphatic heterocycles. The van der Waals surface area contributed by atoms with Gasteiger partial charge in [-0.1, -0.05) is 123 Å². The third-order valence-corrected chi connectivity index (χ3v) is 8.38. The number of fused-ring (bicyclic) bond motifs is 2. The standard InChI is InChI=1S/C38H38S/c1-7-16-35-30(9-3)24-33(25-31(10-4)36-20-11-12-21-37(35)36)28(6)23-29(8-2)32-18-15-17-27(5)34-19-13-14-22-38(34)39-26-32/h7-8,10-23,25H,2,5-6,9,24,26H2,1,3-4H3/b16-7-,17-15-,29-23+,31-10+,32-18+,33-25+,35-30-. The van der Waals surface area contributed by atoms with E-state index >= 15 is 0 Å². The molecule has 0 amide bonds. The molecule has 0 aromatic heterocycles. The van der Waals surface area contributed by atoms with Crippen molar-refractivity contribution in [1.29, 1.82) is 0 Å². The maximum absolute atomic E-state index is 4.58. The zero-order chi connectivity index (χ0) is 27.8. The zero-order valence-electron chi connectivity index (χ0n) is 23.5. The van der Waals surface area contributed by atoms with Gasteiger partial charge in [0.25, 0.3) is 0 Å². The SMILES string of the molecule is C=CC(=C\C(=C)/C1=C/C(=C\C)c2ccccc2C(/C=C\C)=C(/CC)C1)/C1=C/C=C\C(=C)c2ccccc2SC1. The molecule has 1 heteroatoms. The van der Waals surface area contributed by atoms with E-state index in [1.807, 2.05) is 17.8 Å². The molecular weight excluding hydrogens is 488 g/mol. The van der Waals surface area contributed by atoms with Gasteiger partial charge in [0.05, 0.1) is 0 Å². The Morgan fingerprint density at radius 3 is 2.38 bits per heavy atom. The summed E-state index contributed by atoms with van der Waals surface area (Å²) in [4.78, 5) is 1.25. The fraction of sp³-hybridized carbons (Fsp3) is 0.158. The van der Waals surface area contributed by atoms with Gasteiger partial charge >= 0.3 is 0 Å². The Morgan fingerprint density at radius 2 is 1.69 bits per heavy atom. The molecule has 0 unspecified atom stereocenters. The first-order valence-corrected chi connectivity index (χ1v) is 14.6. The second-order valence-electron chi connectivity index (χ2n) is 9.70. The molecule has 0 spiro atoms. The van der Waals surface area contributed by atoms with Gasteiger partial charge in [0.15, 0.2) is 0 Å². The van der Waals surface area contributed by atoms with Crippen molar-refractivity contribution < 1.29 is 0 Å². The minimum absolute atomic E-state index is 0.845. The topological polar surface area (TPSA) is 0 Å². The largest absolute Gasteiger partial charge is 0.121 e. The number of thioether (sulfide) groups is 1. The van der Waals surface area contributed by atoms with Gasteiger partial charge in [0, 0.05) is 10.6 Å². The van der Waals surface area contributed by atoms with Crippen molar-refractivity contribution >= 4 is 28.5 Å². The van der Waals surface area contributed by atoms with Gasteiger partial charge in [-0.25, -0.2) is 0 Å². The molecule has 0 nitrogen and oxygen atoms in total. The number of benzene rings is 2. The van der Waals surface area contributed by atoms with Gasteiger partial charge in [-0.05, 0) is 94.5 Å². The van der Waals surface area contributed by atoms with Crippen molar-refractivity contribution in [2.45, 2.75) is 38.5 Å². The van der Waals surface area contributed by atoms with Crippen LogP contribution < -0.4 is 0 Å². The molecule has 0 bridgehead atoms. The average molecular weight is 527 g/mol. The summed E-state index contributed by atoms with van der Waals surface area (Å²) in [5.41, 5.74) is 13.3. The molecule has 4 rings (SSSR count). The van der Waals surface area contributed by atoms with E-state index < -0.39 is 0 Å². The Hall–Kier alpha value is -3.81. The number of hydrogen-bond donors (Lipinski definition) is 0. The maximum atomic E-state index is 4.58. The van der Waals surface area contributed by atoms with Crippen LogP contribution in [-0.4, -0.2) is 5.75 Å². The minimum Gasteiger partial charge on any atom is -0.121 e. The Bertz CT molecular complexity index is 1510. The second-order valence-corrected chi connectivity index (χ2v) is 10.7. The highest BCUT2D eigenvalue weighted by Crippen LogP contribution is 2.39. The van der Waals surface area contributed by atoms with Crippen LogP contribution in [-0.2, 0) is 0 Å². The van der Waals surface area contributed by atoms with E-state index in [1.165, 1.54) is 49.5 Å². The predicted molar refractivity (Wildman–Crippen MR) is 176 cm³/mol. The normalized spacial score (nSPS) is 22.7. The number of allylic oxidation sites excluding steroid dienone is 16. The summed E-state index contributed by atoms with van der Waals surface area (Å²) in [7, 11) is 0. The lowest BCUT2D eigenvalue weighted by Crippen LogP contribution is -2.02. The van der Waals surface area contributed by atoms with Crippen LogP contribution in [0.2, 0.25) is 0 Å². The maximum Gasteiger partial charge on any atom is 0.0238 e. The summed E-state index contributed by atoms with van der Waals surface area (Å²) in [6.07, 6.45) is 21.3. The molecule has 2 aromatic rings. The van der Waals surface area contributed by atoms with Crippen molar-refractivity contribution in [3.63, 3.8) is 0 Å². The summed E-state index contributed by atoms with van der Waals surface area (Å²) in [6, 6.07) is 17.2. The van der Waals surface area contributed by atoms with Crippen molar-refractivity contribution in [1.82, 2.24) is 0 Å². The van der Waals surface area contributed by atoms with Gasteiger partial charge in [0.1, 0.15) is 0 Å². The highest BCUT2D eigenvalue weighted by molar-refractivity contribution is 7.99. The fourth-order valence-corrected chi connectivity index (χ4v) is 6.21. The molecule has 0 atom stereocenters. The lowest BCUT2D eigenvalue weighted by Gasteiger charge is -2.22.